The first-order valence-electron chi connectivity index (χ1n) is 6.03. The summed E-state index contributed by atoms with van der Waals surface area (Å²) in [5, 5.41) is 0. The van der Waals surface area contributed by atoms with E-state index in [1.165, 1.54) is 30.1 Å². The molecule has 2 N–H and O–H groups in total. The second-order valence-corrected chi connectivity index (χ2v) is 4.42. The van der Waals surface area contributed by atoms with Gasteiger partial charge in [-0.05, 0) is 32.7 Å². The lowest BCUT2D eigenvalue weighted by Crippen LogP contribution is -2.19. The molecule has 0 saturated heterocycles. The molecule has 15 heavy (non-hydrogen) atoms. The average Bonchev–Trinajstić information content (AvgIpc) is 2.57. The lowest BCUT2D eigenvalue weighted by molar-refractivity contribution is 0.429. The van der Waals surface area contributed by atoms with Gasteiger partial charge in [-0.1, -0.05) is 6.92 Å². The first kappa shape index (κ1) is 10.7. The largest absolute Gasteiger partial charge is 0.332 e. The monoisotopic (exact) mass is 207 g/mol. The van der Waals surface area contributed by atoms with Crippen molar-refractivity contribution in [2.24, 2.45) is 5.73 Å². The Balaban J connectivity index is 2.37. The van der Waals surface area contributed by atoms with E-state index in [4.69, 9.17) is 5.73 Å². The number of imidazole rings is 1. The Morgan fingerprint density at radius 1 is 1.53 bits per heavy atom. The summed E-state index contributed by atoms with van der Waals surface area (Å²) < 4.78 is 2.43. The zero-order chi connectivity index (χ0) is 10.8. The maximum absolute atomic E-state index is 5.68. The number of nitrogens with two attached hydrogens (primary N) is 1. The quantitative estimate of drug-likeness (QED) is 0.823. The van der Waals surface area contributed by atoms with Crippen LogP contribution in [0.4, 0.5) is 0 Å². The molecule has 2 rings (SSSR count). The van der Waals surface area contributed by atoms with Crippen molar-refractivity contribution in [3.05, 3.63) is 17.2 Å². The number of rotatable bonds is 3. The van der Waals surface area contributed by atoms with E-state index in [-0.39, 0.29) is 0 Å². The van der Waals surface area contributed by atoms with Crippen LogP contribution in [0.1, 0.15) is 49.3 Å². The zero-order valence-electron chi connectivity index (χ0n) is 9.79. The van der Waals surface area contributed by atoms with Crippen LogP contribution in [0.5, 0.6) is 0 Å². The van der Waals surface area contributed by atoms with Gasteiger partial charge >= 0.3 is 0 Å². The number of hydrogen-bond acceptors (Lipinski definition) is 2. The Bertz CT molecular complexity index is 341. The van der Waals surface area contributed by atoms with Crippen LogP contribution in [0.2, 0.25) is 0 Å². The summed E-state index contributed by atoms with van der Waals surface area (Å²) in [7, 11) is 0. The summed E-state index contributed by atoms with van der Waals surface area (Å²) in [6.07, 6.45) is 4.71. The zero-order valence-corrected chi connectivity index (χ0v) is 9.79. The number of nitrogens with zero attached hydrogens (tertiary/aromatic N) is 2. The smallest absolute Gasteiger partial charge is 0.108 e. The summed E-state index contributed by atoms with van der Waals surface area (Å²) in [6, 6.07) is 0. The van der Waals surface area contributed by atoms with Crippen molar-refractivity contribution in [2.75, 3.05) is 6.54 Å². The van der Waals surface area contributed by atoms with Gasteiger partial charge in [-0.25, -0.2) is 4.98 Å². The topological polar surface area (TPSA) is 43.8 Å². The summed E-state index contributed by atoms with van der Waals surface area (Å²) >= 11 is 0. The van der Waals surface area contributed by atoms with Gasteiger partial charge < -0.3 is 10.3 Å². The molecule has 1 aliphatic rings. The van der Waals surface area contributed by atoms with Crippen LogP contribution in [0.3, 0.4) is 0 Å². The summed E-state index contributed by atoms with van der Waals surface area (Å²) in [5.74, 6) is 1.90. The van der Waals surface area contributed by atoms with Gasteiger partial charge in [0.25, 0.3) is 0 Å². The van der Waals surface area contributed by atoms with Gasteiger partial charge in [0, 0.05) is 24.6 Å². The second kappa shape index (κ2) is 4.35. The average molecular weight is 207 g/mol. The molecule has 0 aromatic carbocycles. The fourth-order valence-corrected chi connectivity index (χ4v) is 2.80. The van der Waals surface area contributed by atoms with E-state index in [2.05, 4.69) is 23.4 Å². The minimum absolute atomic E-state index is 0.650. The molecule has 0 fully saturated rings. The number of hydrogen-bond donors (Lipinski definition) is 1. The van der Waals surface area contributed by atoms with Crippen LogP contribution < -0.4 is 5.73 Å². The number of fused-ring (bicyclic) bond motifs is 1. The molecule has 84 valence electrons. The molecular weight excluding hydrogens is 186 g/mol. The summed E-state index contributed by atoms with van der Waals surface area (Å²) in [6.45, 7) is 6.26. The van der Waals surface area contributed by atoms with Crippen LogP contribution in [-0.4, -0.2) is 16.1 Å². The SMILES string of the molecule is CCc1nc(C)c2n1CCCC2CCN. The molecule has 3 heteroatoms. The highest BCUT2D eigenvalue weighted by Gasteiger charge is 2.24. The van der Waals surface area contributed by atoms with E-state index in [0.717, 1.165) is 25.9 Å². The van der Waals surface area contributed by atoms with Crippen molar-refractivity contribution in [1.29, 1.82) is 0 Å². The van der Waals surface area contributed by atoms with Gasteiger partial charge in [-0.15, -0.1) is 0 Å². The molecule has 0 aliphatic carbocycles. The standard InChI is InChI=1S/C12H21N3/c1-3-11-14-9(2)12-10(6-7-13)5-4-8-15(11)12/h10H,3-8,13H2,1-2H3. The van der Waals surface area contributed by atoms with Crippen LogP contribution in [0, 0.1) is 6.92 Å². The number of aromatic nitrogens is 2. The Morgan fingerprint density at radius 3 is 3.00 bits per heavy atom. The van der Waals surface area contributed by atoms with Crippen molar-refractivity contribution >= 4 is 0 Å². The normalized spacial score (nSPS) is 20.3. The van der Waals surface area contributed by atoms with Crippen LogP contribution >= 0.6 is 0 Å². The van der Waals surface area contributed by atoms with E-state index >= 15 is 0 Å². The minimum Gasteiger partial charge on any atom is -0.332 e. The molecule has 0 bridgehead atoms. The van der Waals surface area contributed by atoms with Crippen molar-refractivity contribution in [1.82, 2.24) is 9.55 Å². The maximum atomic E-state index is 5.68. The highest BCUT2D eigenvalue weighted by molar-refractivity contribution is 5.22. The molecule has 1 atom stereocenters. The Labute approximate surface area is 91.7 Å². The van der Waals surface area contributed by atoms with Crippen molar-refractivity contribution in [3.63, 3.8) is 0 Å². The fraction of sp³-hybridized carbons (Fsp3) is 0.750. The first-order chi connectivity index (χ1) is 7.27. The molecule has 1 aliphatic heterocycles. The van der Waals surface area contributed by atoms with Gasteiger partial charge in [0.1, 0.15) is 5.82 Å². The van der Waals surface area contributed by atoms with Crippen molar-refractivity contribution in [2.45, 2.75) is 52.0 Å². The lowest BCUT2D eigenvalue weighted by Gasteiger charge is -2.25. The molecule has 0 spiro atoms. The lowest BCUT2D eigenvalue weighted by atomic mass is 9.91. The summed E-state index contributed by atoms with van der Waals surface area (Å²) in [4.78, 5) is 4.67. The molecule has 0 saturated carbocycles. The van der Waals surface area contributed by atoms with Gasteiger partial charge in [0.05, 0.1) is 5.69 Å². The maximum Gasteiger partial charge on any atom is 0.108 e. The highest BCUT2D eigenvalue weighted by atomic mass is 15.1. The van der Waals surface area contributed by atoms with Crippen LogP contribution in [-0.2, 0) is 13.0 Å². The van der Waals surface area contributed by atoms with E-state index < -0.39 is 0 Å². The van der Waals surface area contributed by atoms with Gasteiger partial charge in [-0.2, -0.15) is 0 Å². The second-order valence-electron chi connectivity index (χ2n) is 4.42. The van der Waals surface area contributed by atoms with Crippen molar-refractivity contribution in [3.8, 4) is 0 Å². The summed E-state index contributed by atoms with van der Waals surface area (Å²) in [5.41, 5.74) is 8.36. The Kier molecular flexibility index (Phi) is 3.10. The highest BCUT2D eigenvalue weighted by Crippen LogP contribution is 2.32. The van der Waals surface area contributed by atoms with Gasteiger partial charge in [0.2, 0.25) is 0 Å². The fourth-order valence-electron chi connectivity index (χ4n) is 2.80. The molecule has 3 nitrogen and oxygen atoms in total. The minimum atomic E-state index is 0.650. The number of aryl methyl sites for hydroxylation is 2. The molecule has 1 aromatic heterocycles. The predicted octanol–water partition coefficient (Wildman–Crippen LogP) is 1.98. The van der Waals surface area contributed by atoms with Crippen molar-refractivity contribution < 1.29 is 0 Å². The van der Waals surface area contributed by atoms with E-state index in [1.807, 2.05) is 0 Å². The molecule has 1 aromatic rings. The van der Waals surface area contributed by atoms with Gasteiger partial charge in [-0.3, -0.25) is 0 Å². The Morgan fingerprint density at radius 2 is 2.33 bits per heavy atom. The van der Waals surface area contributed by atoms with Gasteiger partial charge in [0.15, 0.2) is 0 Å². The molecule has 0 radical (unpaired) electrons. The third kappa shape index (κ3) is 1.81. The van der Waals surface area contributed by atoms with E-state index in [1.54, 1.807) is 0 Å². The molecule has 2 heterocycles. The Hall–Kier alpha value is -0.830. The molecular formula is C12H21N3. The predicted molar refractivity (Wildman–Crippen MR) is 62.0 cm³/mol. The molecule has 1 unspecified atom stereocenters. The third-order valence-corrected chi connectivity index (χ3v) is 3.42. The van der Waals surface area contributed by atoms with Crippen LogP contribution in [0.25, 0.3) is 0 Å². The third-order valence-electron chi connectivity index (χ3n) is 3.42. The van der Waals surface area contributed by atoms with E-state index in [9.17, 15) is 0 Å². The van der Waals surface area contributed by atoms with Crippen LogP contribution in [0.15, 0.2) is 0 Å². The van der Waals surface area contributed by atoms with E-state index in [0.29, 0.717) is 5.92 Å². The first-order valence-corrected chi connectivity index (χ1v) is 6.03. The molecule has 0 amide bonds.